The fourth-order valence-electron chi connectivity index (χ4n) is 3.40. The summed E-state index contributed by atoms with van der Waals surface area (Å²) >= 11 is 1.46. The van der Waals surface area contributed by atoms with Crippen molar-refractivity contribution in [2.75, 3.05) is 5.75 Å². The maximum atomic E-state index is 12.9. The molecule has 3 heterocycles. The van der Waals surface area contributed by atoms with E-state index in [-0.39, 0.29) is 5.78 Å². The van der Waals surface area contributed by atoms with Crippen LogP contribution in [0.15, 0.2) is 64.5 Å². The summed E-state index contributed by atoms with van der Waals surface area (Å²) < 4.78 is 9.20. The fourth-order valence-corrected chi connectivity index (χ4v) is 4.24. The van der Waals surface area contributed by atoms with E-state index in [1.165, 1.54) is 17.3 Å². The number of hydrogen-bond donors (Lipinski definition) is 0. The molecular formula is C22H22N4O2S. The summed E-state index contributed by atoms with van der Waals surface area (Å²) in [5, 5.41) is 4.91. The molecule has 29 heavy (non-hydrogen) atoms. The second-order valence-electron chi connectivity index (χ2n) is 6.95. The van der Waals surface area contributed by atoms with Crippen molar-refractivity contribution in [2.45, 2.75) is 32.5 Å². The Morgan fingerprint density at radius 2 is 1.93 bits per heavy atom. The van der Waals surface area contributed by atoms with E-state index in [1.54, 1.807) is 6.20 Å². The number of rotatable bonds is 7. The van der Waals surface area contributed by atoms with Crippen molar-refractivity contribution in [3.8, 4) is 5.82 Å². The van der Waals surface area contributed by atoms with Gasteiger partial charge in [-0.3, -0.25) is 9.36 Å². The minimum atomic E-state index is 0.0730. The first-order valence-corrected chi connectivity index (χ1v) is 10.3. The standard InChI is InChI=1S/C22H22N4O2S/c1-15-11-19(17(3)26(15)21-12-16(2)28-24-21)20(27)14-29-22-23-9-10-25(22)13-18-7-5-4-6-8-18/h4-12H,13-14H2,1-3H3. The van der Waals surface area contributed by atoms with Gasteiger partial charge in [0.15, 0.2) is 16.8 Å². The predicted octanol–water partition coefficient (Wildman–Crippen LogP) is 4.61. The maximum absolute atomic E-state index is 12.9. The lowest BCUT2D eigenvalue weighted by atomic mass is 10.2. The van der Waals surface area contributed by atoms with Gasteiger partial charge in [0.05, 0.1) is 5.75 Å². The molecule has 0 unspecified atom stereocenters. The fraction of sp³-hybridized carbons (Fsp3) is 0.227. The van der Waals surface area contributed by atoms with Crippen LogP contribution in [0.5, 0.6) is 0 Å². The number of aromatic nitrogens is 4. The highest BCUT2D eigenvalue weighted by molar-refractivity contribution is 7.99. The van der Waals surface area contributed by atoms with E-state index in [9.17, 15) is 4.79 Å². The van der Waals surface area contributed by atoms with Crippen molar-refractivity contribution in [2.24, 2.45) is 0 Å². The predicted molar refractivity (Wildman–Crippen MR) is 113 cm³/mol. The molecule has 0 saturated heterocycles. The molecule has 0 amide bonds. The summed E-state index contributed by atoms with van der Waals surface area (Å²) in [5.74, 6) is 1.83. The van der Waals surface area contributed by atoms with Crippen LogP contribution < -0.4 is 0 Å². The van der Waals surface area contributed by atoms with Gasteiger partial charge < -0.3 is 9.09 Å². The number of hydrogen-bond acceptors (Lipinski definition) is 5. The molecule has 0 aliphatic rings. The number of carbonyl (C=O) groups is 1. The molecule has 4 aromatic rings. The van der Waals surface area contributed by atoms with E-state index in [0.717, 1.165) is 28.8 Å². The van der Waals surface area contributed by atoms with Crippen LogP contribution in [0.3, 0.4) is 0 Å². The lowest BCUT2D eigenvalue weighted by molar-refractivity contribution is 0.102. The molecule has 0 radical (unpaired) electrons. The van der Waals surface area contributed by atoms with Crippen LogP contribution in [0.1, 0.15) is 33.1 Å². The van der Waals surface area contributed by atoms with Gasteiger partial charge >= 0.3 is 0 Å². The van der Waals surface area contributed by atoms with Crippen molar-refractivity contribution < 1.29 is 9.32 Å². The first-order valence-electron chi connectivity index (χ1n) is 9.36. The first kappa shape index (κ1) is 19.3. The van der Waals surface area contributed by atoms with Gasteiger partial charge in [-0.15, -0.1) is 0 Å². The number of thioether (sulfide) groups is 1. The average molecular weight is 407 g/mol. The Kier molecular flexibility index (Phi) is 5.40. The van der Waals surface area contributed by atoms with Gasteiger partial charge in [-0.25, -0.2) is 4.98 Å². The number of imidazole rings is 1. The Bertz CT molecular complexity index is 1140. The molecule has 4 rings (SSSR count). The molecule has 1 aromatic carbocycles. The minimum Gasteiger partial charge on any atom is -0.360 e. The third kappa shape index (κ3) is 4.05. The van der Waals surface area contributed by atoms with Crippen LogP contribution in [0.2, 0.25) is 0 Å². The maximum Gasteiger partial charge on any atom is 0.180 e. The summed E-state index contributed by atoms with van der Waals surface area (Å²) in [7, 11) is 0. The molecule has 6 nitrogen and oxygen atoms in total. The van der Waals surface area contributed by atoms with E-state index in [1.807, 2.05) is 61.9 Å². The largest absolute Gasteiger partial charge is 0.360 e. The Hall–Kier alpha value is -3.06. The van der Waals surface area contributed by atoms with E-state index in [2.05, 4.69) is 26.8 Å². The molecule has 148 valence electrons. The van der Waals surface area contributed by atoms with Gasteiger partial charge in [0.25, 0.3) is 0 Å². The van der Waals surface area contributed by atoms with Crippen molar-refractivity contribution in [3.05, 3.63) is 83.1 Å². The van der Waals surface area contributed by atoms with E-state index >= 15 is 0 Å². The zero-order valence-electron chi connectivity index (χ0n) is 16.6. The molecule has 3 aromatic heterocycles. The number of benzene rings is 1. The molecule has 0 saturated carbocycles. The molecular weight excluding hydrogens is 384 g/mol. The summed E-state index contributed by atoms with van der Waals surface area (Å²) in [6, 6.07) is 14.0. The Balaban J connectivity index is 1.48. The summed E-state index contributed by atoms with van der Waals surface area (Å²) in [5.41, 5.74) is 3.73. The highest BCUT2D eigenvalue weighted by atomic mass is 32.2. The van der Waals surface area contributed by atoms with Gasteiger partial charge in [-0.2, -0.15) is 0 Å². The summed E-state index contributed by atoms with van der Waals surface area (Å²) in [6.07, 6.45) is 3.72. The van der Waals surface area contributed by atoms with Crippen molar-refractivity contribution in [1.29, 1.82) is 0 Å². The van der Waals surface area contributed by atoms with Gasteiger partial charge in [-0.05, 0) is 32.4 Å². The highest BCUT2D eigenvalue weighted by Gasteiger charge is 2.19. The Morgan fingerprint density at radius 1 is 1.14 bits per heavy atom. The van der Waals surface area contributed by atoms with Crippen molar-refractivity contribution >= 4 is 17.5 Å². The number of aryl methyl sites for hydroxylation is 2. The summed E-state index contributed by atoms with van der Waals surface area (Å²) in [6.45, 7) is 6.49. The molecule has 0 fully saturated rings. The van der Waals surface area contributed by atoms with E-state index in [4.69, 9.17) is 4.52 Å². The zero-order chi connectivity index (χ0) is 20.4. The number of ketones is 1. The normalized spacial score (nSPS) is 11.1. The molecule has 0 aliphatic heterocycles. The second kappa shape index (κ2) is 8.13. The molecule has 7 heteroatoms. The van der Waals surface area contributed by atoms with Gasteiger partial charge in [0.1, 0.15) is 5.76 Å². The highest BCUT2D eigenvalue weighted by Crippen LogP contribution is 2.24. The number of Topliss-reactive ketones (excluding diaryl/α,β-unsaturated/α-hetero) is 1. The molecule has 0 aliphatic carbocycles. The summed E-state index contributed by atoms with van der Waals surface area (Å²) in [4.78, 5) is 17.3. The molecule has 0 N–H and O–H groups in total. The molecule has 0 spiro atoms. The SMILES string of the molecule is Cc1cc(-n2c(C)cc(C(=O)CSc3nccn3Cc3ccccc3)c2C)no1. The van der Waals surface area contributed by atoms with Crippen molar-refractivity contribution in [1.82, 2.24) is 19.3 Å². The number of nitrogens with zero attached hydrogens (tertiary/aromatic N) is 4. The second-order valence-corrected chi connectivity index (χ2v) is 7.89. The molecule has 0 bridgehead atoms. The first-order chi connectivity index (χ1) is 14.0. The van der Waals surface area contributed by atoms with E-state index in [0.29, 0.717) is 17.1 Å². The third-order valence-electron chi connectivity index (χ3n) is 4.78. The van der Waals surface area contributed by atoms with Crippen molar-refractivity contribution in [3.63, 3.8) is 0 Å². The van der Waals surface area contributed by atoms with Gasteiger partial charge in [-0.1, -0.05) is 47.3 Å². The van der Waals surface area contributed by atoms with E-state index < -0.39 is 0 Å². The van der Waals surface area contributed by atoms with Gasteiger partial charge in [0.2, 0.25) is 0 Å². The monoisotopic (exact) mass is 406 g/mol. The van der Waals surface area contributed by atoms with Crippen LogP contribution in [0.25, 0.3) is 5.82 Å². The zero-order valence-corrected chi connectivity index (χ0v) is 17.4. The topological polar surface area (TPSA) is 65.8 Å². The lowest BCUT2D eigenvalue weighted by Gasteiger charge is -2.08. The quantitative estimate of drug-likeness (QED) is 0.331. The average Bonchev–Trinajstić information content (AvgIpc) is 3.40. The molecule has 0 atom stereocenters. The van der Waals surface area contributed by atoms with Crippen LogP contribution in [-0.2, 0) is 6.54 Å². The lowest BCUT2D eigenvalue weighted by Crippen LogP contribution is -2.07. The smallest absolute Gasteiger partial charge is 0.180 e. The van der Waals surface area contributed by atoms with Crippen LogP contribution in [0.4, 0.5) is 0 Å². The van der Waals surface area contributed by atoms with Gasteiger partial charge in [0, 0.05) is 42.0 Å². The Labute approximate surface area is 173 Å². The Morgan fingerprint density at radius 3 is 2.66 bits per heavy atom. The van der Waals surface area contributed by atoms with Crippen LogP contribution >= 0.6 is 11.8 Å². The number of carbonyl (C=O) groups excluding carboxylic acids is 1. The third-order valence-corrected chi connectivity index (χ3v) is 5.79. The minimum absolute atomic E-state index is 0.0730. The van der Waals surface area contributed by atoms with Crippen LogP contribution in [0, 0.1) is 20.8 Å². The van der Waals surface area contributed by atoms with Crippen LogP contribution in [-0.4, -0.2) is 30.8 Å².